The van der Waals surface area contributed by atoms with E-state index in [0.717, 1.165) is 0 Å². The molecule has 0 unspecified atom stereocenters. The molecule has 5 heteroatoms. The quantitative estimate of drug-likeness (QED) is 0.658. The van der Waals surface area contributed by atoms with Gasteiger partial charge in [0.15, 0.2) is 0 Å². The molecule has 1 N–H and O–H groups in total. The summed E-state index contributed by atoms with van der Waals surface area (Å²) < 4.78 is 25.4. The van der Waals surface area contributed by atoms with Crippen molar-refractivity contribution in [1.82, 2.24) is 0 Å². The van der Waals surface area contributed by atoms with Gasteiger partial charge in [0.05, 0.1) is 9.63 Å². The molecule has 0 bridgehead atoms. The topological polar surface area (TPSA) is 46.5 Å². The molecule has 0 aromatic rings. The Kier molecular flexibility index (Phi) is 2.20. The molecule has 0 aliphatic rings. The van der Waals surface area contributed by atoms with Crippen LogP contribution in [0.5, 0.6) is 0 Å². The van der Waals surface area contributed by atoms with Gasteiger partial charge in [0.1, 0.15) is 0 Å². The van der Waals surface area contributed by atoms with E-state index in [1.165, 1.54) is 12.5 Å². The van der Waals surface area contributed by atoms with E-state index in [4.69, 9.17) is 3.87 Å². The Labute approximate surface area is 63.3 Å². The van der Waals surface area contributed by atoms with Crippen LogP contribution in [0, 0.1) is 0 Å². The highest BCUT2D eigenvalue weighted by Crippen LogP contribution is 2.20. The maximum absolute atomic E-state index is 11.2. The van der Waals surface area contributed by atoms with Crippen LogP contribution in [0.15, 0.2) is 0 Å². The summed E-state index contributed by atoms with van der Waals surface area (Å²) in [4.78, 5) is 0. The third-order valence-electron chi connectivity index (χ3n) is 0.488. The second-order valence-corrected chi connectivity index (χ2v) is 12.1. The molecule has 0 saturated carbocycles. The molecule has 64 valence electrons. The van der Waals surface area contributed by atoms with Crippen molar-refractivity contribution in [2.45, 2.75) is 19.6 Å². The fraction of sp³-hybridized carbons (Fsp3) is 1.00. The van der Waals surface area contributed by atoms with Crippen LogP contribution in [-0.4, -0.2) is 29.6 Å². The summed E-state index contributed by atoms with van der Waals surface area (Å²) in [5, 5.41) is 0. The Morgan fingerprint density at radius 1 is 1.30 bits per heavy atom. The van der Waals surface area contributed by atoms with Gasteiger partial charge in [0.25, 0.3) is 0 Å². The second-order valence-electron chi connectivity index (χ2n) is 3.85. The fourth-order valence-corrected chi connectivity index (χ4v) is 6.42. The minimum atomic E-state index is -3.71. The Hall–Kier alpha value is 0.287. The molecule has 0 atom stereocenters. The van der Waals surface area contributed by atoms with Crippen molar-refractivity contribution in [1.29, 1.82) is 0 Å². The summed E-state index contributed by atoms with van der Waals surface area (Å²) in [5.41, 5.74) is 0. The zero-order valence-corrected chi connectivity index (χ0v) is 8.99. The first-order chi connectivity index (χ1) is 3.96. The molecule has 0 heterocycles. The van der Waals surface area contributed by atoms with Crippen LogP contribution in [0.1, 0.15) is 0 Å². The molecular formula is C5H16O3SSi. The van der Waals surface area contributed by atoms with Crippen molar-refractivity contribution in [3.8, 4) is 0 Å². The van der Waals surface area contributed by atoms with Gasteiger partial charge in [0.2, 0.25) is 8.32 Å². The third kappa shape index (κ3) is 8.29. The van der Waals surface area contributed by atoms with Crippen LogP contribution in [0.3, 0.4) is 0 Å². The highest BCUT2D eigenvalue weighted by Gasteiger charge is 2.29. The van der Waals surface area contributed by atoms with Gasteiger partial charge in [0, 0.05) is 12.5 Å². The van der Waals surface area contributed by atoms with E-state index in [2.05, 4.69) is 0 Å². The first-order valence-corrected chi connectivity index (χ1v) is 9.11. The third-order valence-corrected chi connectivity index (χ3v) is 4.39. The minimum Gasteiger partial charge on any atom is -0.337 e. The molecule has 0 aliphatic carbocycles. The normalized spacial score (nSPS) is 18.0. The molecule has 0 aromatic carbocycles. The smallest absolute Gasteiger partial charge is 0.205 e. The molecular weight excluding hydrogens is 168 g/mol. The van der Waals surface area contributed by atoms with Crippen LogP contribution in [0.2, 0.25) is 19.6 Å². The molecule has 0 aromatic heterocycles. The summed E-state index contributed by atoms with van der Waals surface area (Å²) in [6.07, 6.45) is 2.46. The van der Waals surface area contributed by atoms with Gasteiger partial charge in [-0.1, -0.05) is 0 Å². The summed E-state index contributed by atoms with van der Waals surface area (Å²) in [6.45, 7) is 5.64. The van der Waals surface area contributed by atoms with Crippen LogP contribution < -0.4 is 0 Å². The van der Waals surface area contributed by atoms with Gasteiger partial charge in [-0.25, -0.2) is 4.21 Å². The van der Waals surface area contributed by atoms with Gasteiger partial charge in [-0.3, -0.25) is 0 Å². The predicted octanol–water partition coefficient (Wildman–Crippen LogP) is 1.31. The van der Waals surface area contributed by atoms with Crippen LogP contribution in [0.4, 0.5) is 0 Å². The average Bonchev–Trinajstić information content (AvgIpc) is 1.09. The van der Waals surface area contributed by atoms with E-state index >= 15 is 0 Å². The Morgan fingerprint density at radius 3 is 1.60 bits per heavy atom. The van der Waals surface area contributed by atoms with Gasteiger partial charge >= 0.3 is 0 Å². The summed E-state index contributed by atoms with van der Waals surface area (Å²) in [6, 6.07) is 0. The molecule has 0 aliphatic heterocycles. The van der Waals surface area contributed by atoms with Gasteiger partial charge in [-0.05, 0) is 19.6 Å². The predicted molar refractivity (Wildman–Crippen MR) is 47.1 cm³/mol. The van der Waals surface area contributed by atoms with Gasteiger partial charge in [-0.2, -0.15) is 0 Å². The maximum atomic E-state index is 11.2. The summed E-state index contributed by atoms with van der Waals surface area (Å²) in [7, 11) is -5.59. The van der Waals surface area contributed by atoms with Crippen molar-refractivity contribution in [3.05, 3.63) is 0 Å². The number of hydrogen-bond acceptors (Lipinski definition) is 2. The molecule has 0 radical (unpaired) electrons. The average molecular weight is 184 g/mol. The van der Waals surface area contributed by atoms with Crippen molar-refractivity contribution in [2.24, 2.45) is 0 Å². The second kappa shape index (κ2) is 2.13. The van der Waals surface area contributed by atoms with Gasteiger partial charge in [-0.15, -0.1) is 0 Å². The van der Waals surface area contributed by atoms with Crippen molar-refractivity contribution in [2.75, 3.05) is 12.5 Å². The molecule has 0 saturated heterocycles. The monoisotopic (exact) mass is 184 g/mol. The molecule has 3 nitrogen and oxygen atoms in total. The van der Waals surface area contributed by atoms with Crippen molar-refractivity contribution < 1.29 is 12.6 Å². The van der Waals surface area contributed by atoms with E-state index in [0.29, 0.717) is 0 Å². The highest BCUT2D eigenvalue weighted by atomic mass is 32.3. The molecule has 0 rings (SSSR count). The number of hydrogen-bond donors (Lipinski definition) is 1. The van der Waals surface area contributed by atoms with Gasteiger partial charge < -0.3 is 8.42 Å². The Bertz CT molecular complexity index is 177. The minimum absolute atomic E-state index is 1.23. The zero-order valence-electron chi connectivity index (χ0n) is 7.17. The molecule has 0 spiro atoms. The lowest BCUT2D eigenvalue weighted by Crippen LogP contribution is -2.42. The lowest BCUT2D eigenvalue weighted by atomic mass is 11.8. The lowest BCUT2D eigenvalue weighted by Gasteiger charge is -2.34. The molecule has 0 amide bonds. The van der Waals surface area contributed by atoms with Crippen molar-refractivity contribution in [3.63, 3.8) is 0 Å². The SMILES string of the molecule is C[Si](C)(C)OS(C)(C)(=O)O. The lowest BCUT2D eigenvalue weighted by molar-refractivity contribution is 0.412. The van der Waals surface area contributed by atoms with Crippen LogP contribution in [0.25, 0.3) is 0 Å². The van der Waals surface area contributed by atoms with Crippen LogP contribution in [-0.2, 0) is 13.5 Å². The number of rotatable bonds is 2. The highest BCUT2D eigenvalue weighted by molar-refractivity contribution is 8.10. The van der Waals surface area contributed by atoms with E-state index in [9.17, 15) is 8.76 Å². The Balaban J connectivity index is 4.34. The van der Waals surface area contributed by atoms with E-state index in [-0.39, 0.29) is 0 Å². The molecule has 10 heavy (non-hydrogen) atoms. The summed E-state index contributed by atoms with van der Waals surface area (Å²) >= 11 is 0. The van der Waals surface area contributed by atoms with Crippen molar-refractivity contribution >= 4 is 17.9 Å². The largest absolute Gasteiger partial charge is 0.337 e. The van der Waals surface area contributed by atoms with E-state index in [1.807, 2.05) is 19.6 Å². The maximum Gasteiger partial charge on any atom is 0.205 e. The zero-order chi connectivity index (χ0) is 8.65. The molecule has 0 fully saturated rings. The van der Waals surface area contributed by atoms with Crippen LogP contribution >= 0.6 is 0 Å². The van der Waals surface area contributed by atoms with E-state index in [1.54, 1.807) is 0 Å². The standard InChI is InChI=1S/C5H16O3SSi/c1-9(2,6,7)8-10(3,4)5/h1-5H3,(H,6,7). The first-order valence-electron chi connectivity index (χ1n) is 3.04. The Morgan fingerprint density at radius 2 is 1.60 bits per heavy atom. The first kappa shape index (κ1) is 10.3. The summed E-state index contributed by atoms with van der Waals surface area (Å²) in [5.74, 6) is 0. The fourth-order valence-electron chi connectivity index (χ4n) is 0.714. The van der Waals surface area contributed by atoms with E-state index < -0.39 is 17.9 Å².